The van der Waals surface area contributed by atoms with Crippen molar-refractivity contribution in [3.05, 3.63) is 127 Å². The minimum absolute atomic E-state index is 0.140. The second-order valence-corrected chi connectivity index (χ2v) is 11.8. The van der Waals surface area contributed by atoms with E-state index in [9.17, 15) is 9.59 Å². The van der Waals surface area contributed by atoms with Crippen LogP contribution in [-0.2, 0) is 0 Å². The zero-order valence-corrected chi connectivity index (χ0v) is 26.5. The maximum absolute atomic E-state index is 12.8. The van der Waals surface area contributed by atoms with Crippen LogP contribution in [0.3, 0.4) is 0 Å². The van der Waals surface area contributed by atoms with E-state index >= 15 is 0 Å². The summed E-state index contributed by atoms with van der Waals surface area (Å²) in [5, 5.41) is 0.804. The van der Waals surface area contributed by atoms with Crippen molar-refractivity contribution in [2.24, 2.45) is 9.98 Å². The quantitative estimate of drug-likeness (QED) is 0.140. The number of aryl methyl sites for hydroxylation is 4. The zero-order valence-electron chi connectivity index (χ0n) is 25.0. The largest absolute Gasteiger partial charge is 0.451 e. The number of halogens is 2. The van der Waals surface area contributed by atoms with Crippen LogP contribution in [0.1, 0.15) is 43.0 Å². The summed E-state index contributed by atoms with van der Waals surface area (Å²) in [6, 6.07) is 20.9. The first kappa shape index (κ1) is 29.5. The fourth-order valence-electron chi connectivity index (χ4n) is 5.03. The Morgan fingerprint density at radius 1 is 0.587 bits per heavy atom. The van der Waals surface area contributed by atoms with Gasteiger partial charge in [-0.25, -0.2) is 19.6 Å². The van der Waals surface area contributed by atoms with Gasteiger partial charge in [-0.3, -0.25) is 0 Å². The number of rotatable bonds is 4. The first-order chi connectivity index (χ1) is 22.0. The second-order valence-electron chi connectivity index (χ2n) is 11.1. The van der Waals surface area contributed by atoms with E-state index < -0.39 is 11.9 Å². The molecule has 228 valence electrons. The Hall–Kier alpha value is -5.18. The fraction of sp³-hybridized carbons (Fsp3) is 0.111. The molecular formula is C36H24Cl2N2O6. The standard InChI is InChI=1S/C36H24Cl2N2O6/c1-17-5-9-21(10-6-17)35(41)45-25-15-27-23(13-19(25)3)39-31-30(38)34-32(29(37)33(31)43-27)40-24-14-20(4)26(16-28(24)44-34)46-36(42)22-11-7-18(2)8-12-22/h5-16H,1-4H3. The van der Waals surface area contributed by atoms with E-state index in [1.54, 1.807) is 62.4 Å². The van der Waals surface area contributed by atoms with E-state index in [0.717, 1.165) is 11.1 Å². The molecule has 0 fully saturated rings. The molecular weight excluding hydrogens is 627 g/mol. The van der Waals surface area contributed by atoms with Gasteiger partial charge in [0.05, 0.1) is 11.1 Å². The molecule has 0 aromatic heterocycles. The van der Waals surface area contributed by atoms with Crippen LogP contribution in [0.25, 0.3) is 0 Å². The van der Waals surface area contributed by atoms with E-state index in [0.29, 0.717) is 56.6 Å². The number of hydrogen-bond donors (Lipinski definition) is 0. The lowest BCUT2D eigenvalue weighted by molar-refractivity contribution is 0.0723. The molecule has 0 radical (unpaired) electrons. The maximum Gasteiger partial charge on any atom is 0.343 e. The molecule has 7 rings (SSSR count). The van der Waals surface area contributed by atoms with Crippen molar-refractivity contribution in [2.75, 3.05) is 0 Å². The third-order valence-electron chi connectivity index (χ3n) is 7.63. The molecule has 2 heterocycles. The molecule has 0 saturated heterocycles. The topological polar surface area (TPSA) is 95.8 Å². The van der Waals surface area contributed by atoms with Crippen molar-refractivity contribution in [1.29, 1.82) is 0 Å². The van der Waals surface area contributed by atoms with E-state index in [-0.39, 0.29) is 32.3 Å². The predicted molar refractivity (Wildman–Crippen MR) is 173 cm³/mol. The summed E-state index contributed by atoms with van der Waals surface area (Å²) in [5.41, 5.74) is 5.18. The van der Waals surface area contributed by atoms with Gasteiger partial charge in [0.15, 0.2) is 23.0 Å². The molecule has 46 heavy (non-hydrogen) atoms. The molecule has 5 aromatic carbocycles. The molecule has 0 amide bonds. The smallest absolute Gasteiger partial charge is 0.343 e. The number of esters is 2. The van der Waals surface area contributed by atoms with Crippen LogP contribution < -0.4 is 29.7 Å². The Bertz CT molecular complexity index is 2090. The highest BCUT2D eigenvalue weighted by atomic mass is 35.5. The van der Waals surface area contributed by atoms with Crippen LogP contribution in [0.5, 0.6) is 34.5 Å². The van der Waals surface area contributed by atoms with Gasteiger partial charge >= 0.3 is 11.9 Å². The van der Waals surface area contributed by atoms with E-state index in [1.807, 2.05) is 38.1 Å². The van der Waals surface area contributed by atoms with Gasteiger partial charge in [0, 0.05) is 12.1 Å². The molecule has 5 aromatic rings. The molecule has 0 spiro atoms. The summed E-state index contributed by atoms with van der Waals surface area (Å²) >= 11 is 13.7. The van der Waals surface area contributed by atoms with Crippen molar-refractivity contribution >= 4 is 46.5 Å². The summed E-state index contributed by atoms with van der Waals surface area (Å²) in [5.74, 6) is 0.682. The lowest BCUT2D eigenvalue weighted by atomic mass is 10.1. The van der Waals surface area contributed by atoms with Crippen molar-refractivity contribution in [3.8, 4) is 34.5 Å². The minimum atomic E-state index is -0.496. The van der Waals surface area contributed by atoms with Crippen LogP contribution in [0.4, 0.5) is 11.4 Å². The number of nitrogens with zero attached hydrogens (tertiary/aromatic N) is 2. The van der Waals surface area contributed by atoms with Gasteiger partial charge in [-0.05, 0) is 75.2 Å². The highest BCUT2D eigenvalue weighted by Crippen LogP contribution is 2.45. The monoisotopic (exact) mass is 650 g/mol. The van der Waals surface area contributed by atoms with Crippen LogP contribution in [-0.4, -0.2) is 11.9 Å². The molecule has 0 bridgehead atoms. The van der Waals surface area contributed by atoms with Gasteiger partial charge in [-0.2, -0.15) is 0 Å². The number of carbonyl (C=O) groups is 2. The summed E-state index contributed by atoms with van der Waals surface area (Å²) in [4.78, 5) is 35.0. The van der Waals surface area contributed by atoms with Crippen molar-refractivity contribution < 1.29 is 28.5 Å². The van der Waals surface area contributed by atoms with Gasteiger partial charge in [0.2, 0.25) is 0 Å². The molecule has 0 unspecified atom stereocenters. The molecule has 0 aliphatic carbocycles. The van der Waals surface area contributed by atoms with Gasteiger partial charge in [-0.1, -0.05) is 58.6 Å². The van der Waals surface area contributed by atoms with Crippen LogP contribution in [0.2, 0.25) is 10.0 Å². The Morgan fingerprint density at radius 3 is 1.33 bits per heavy atom. The summed E-state index contributed by atoms with van der Waals surface area (Å²) < 4.78 is 23.8. The lowest BCUT2D eigenvalue weighted by Gasteiger charge is -2.22. The zero-order chi connectivity index (χ0) is 32.3. The minimum Gasteiger partial charge on any atom is -0.451 e. The maximum atomic E-state index is 12.8. The van der Waals surface area contributed by atoms with Gasteiger partial charge in [0.1, 0.15) is 43.6 Å². The highest BCUT2D eigenvalue weighted by molar-refractivity contribution is 6.35. The normalized spacial score (nSPS) is 12.1. The Morgan fingerprint density at radius 2 is 0.957 bits per heavy atom. The average molecular weight is 652 g/mol. The lowest BCUT2D eigenvalue weighted by Crippen LogP contribution is -2.22. The number of fused-ring (bicyclic) bond motifs is 4. The molecule has 2 aliphatic heterocycles. The van der Waals surface area contributed by atoms with Crippen LogP contribution in [0, 0.1) is 27.7 Å². The molecule has 0 N–H and O–H groups in total. The fourth-order valence-corrected chi connectivity index (χ4v) is 5.54. The molecule has 2 aliphatic rings. The predicted octanol–water partition coefficient (Wildman–Crippen LogP) is 8.78. The molecule has 0 atom stereocenters. The van der Waals surface area contributed by atoms with Gasteiger partial charge in [0.25, 0.3) is 0 Å². The Balaban J connectivity index is 1.22. The van der Waals surface area contributed by atoms with Crippen molar-refractivity contribution in [1.82, 2.24) is 0 Å². The Labute approximate surface area is 273 Å². The number of hydrogen-bond acceptors (Lipinski definition) is 8. The third kappa shape index (κ3) is 5.25. The van der Waals surface area contributed by atoms with E-state index in [1.165, 1.54) is 0 Å². The van der Waals surface area contributed by atoms with Gasteiger partial charge in [-0.15, -0.1) is 0 Å². The number of carbonyl (C=O) groups excluding carboxylic acids is 2. The average Bonchev–Trinajstić information content (AvgIpc) is 3.03. The Kier molecular flexibility index (Phi) is 7.26. The molecule has 10 heteroatoms. The van der Waals surface area contributed by atoms with Crippen LogP contribution >= 0.6 is 23.2 Å². The van der Waals surface area contributed by atoms with E-state index in [2.05, 4.69) is 0 Å². The summed E-state index contributed by atoms with van der Waals surface area (Å²) in [7, 11) is 0. The number of ether oxygens (including phenoxy) is 4. The second kappa shape index (κ2) is 11.3. The molecule has 8 nitrogen and oxygen atoms in total. The summed E-state index contributed by atoms with van der Waals surface area (Å²) in [6.07, 6.45) is 0. The van der Waals surface area contributed by atoms with Gasteiger partial charge < -0.3 is 18.9 Å². The van der Waals surface area contributed by atoms with E-state index in [4.69, 9.17) is 52.1 Å². The first-order valence-electron chi connectivity index (χ1n) is 14.3. The van der Waals surface area contributed by atoms with Crippen molar-refractivity contribution in [3.63, 3.8) is 0 Å². The SMILES string of the molecule is Cc1ccc(C(=O)Oc2cc3c(cc2C)N=c2c(Cl)c4c(c(Cl)c2O3)=Nc2cc(C)c(OC(=O)c3ccc(C)cc3)cc2O4)cc1. The third-order valence-corrected chi connectivity index (χ3v) is 8.33. The van der Waals surface area contributed by atoms with Crippen LogP contribution in [0.15, 0.2) is 82.8 Å². The number of benzene rings is 5. The first-order valence-corrected chi connectivity index (χ1v) is 15.0. The van der Waals surface area contributed by atoms with Crippen molar-refractivity contribution in [2.45, 2.75) is 27.7 Å². The molecule has 0 saturated carbocycles. The summed E-state index contributed by atoms with van der Waals surface area (Å²) in [6.45, 7) is 7.49. The highest BCUT2D eigenvalue weighted by Gasteiger charge is 2.29.